The standard InChI is InChI=1S/C22H29N3O5S/c1-29-19-7-5-6-18(16-19)17-24(22(26)20-8-3-4-9-21(20)30-2)14-15-31(27,28)25-12-10-23-11-13-25/h3-9,16,23H,10-15,17H2,1-2H3. The van der Waals surface area contributed by atoms with E-state index in [0.717, 1.165) is 5.56 Å². The number of rotatable bonds is 9. The zero-order valence-electron chi connectivity index (χ0n) is 17.9. The molecule has 0 unspecified atom stereocenters. The number of hydrogen-bond acceptors (Lipinski definition) is 6. The fourth-order valence-corrected chi connectivity index (χ4v) is 4.96. The van der Waals surface area contributed by atoms with Crippen LogP contribution < -0.4 is 14.8 Å². The van der Waals surface area contributed by atoms with Crippen LogP contribution in [-0.4, -0.2) is 76.2 Å². The van der Waals surface area contributed by atoms with E-state index in [4.69, 9.17) is 9.47 Å². The smallest absolute Gasteiger partial charge is 0.257 e. The van der Waals surface area contributed by atoms with Crippen LogP contribution in [-0.2, 0) is 16.6 Å². The maximum absolute atomic E-state index is 13.4. The third-order valence-corrected chi connectivity index (χ3v) is 7.07. The van der Waals surface area contributed by atoms with E-state index >= 15 is 0 Å². The SMILES string of the molecule is COc1cccc(CN(CCS(=O)(=O)N2CCNCC2)C(=O)c2ccccc2OC)c1. The van der Waals surface area contributed by atoms with Gasteiger partial charge in [-0.3, -0.25) is 4.79 Å². The van der Waals surface area contributed by atoms with Crippen molar-refractivity contribution in [2.45, 2.75) is 6.54 Å². The number of amides is 1. The predicted molar refractivity (Wildman–Crippen MR) is 119 cm³/mol. The largest absolute Gasteiger partial charge is 0.497 e. The summed E-state index contributed by atoms with van der Waals surface area (Å²) in [4.78, 5) is 14.9. The Labute approximate surface area is 183 Å². The van der Waals surface area contributed by atoms with Crippen molar-refractivity contribution in [2.24, 2.45) is 0 Å². The highest BCUT2D eigenvalue weighted by molar-refractivity contribution is 7.89. The fourth-order valence-electron chi connectivity index (χ4n) is 3.51. The van der Waals surface area contributed by atoms with Crippen molar-refractivity contribution < 1.29 is 22.7 Å². The van der Waals surface area contributed by atoms with Crippen LogP contribution in [0.3, 0.4) is 0 Å². The van der Waals surface area contributed by atoms with Gasteiger partial charge in [0.15, 0.2) is 0 Å². The molecule has 0 radical (unpaired) electrons. The quantitative estimate of drug-likeness (QED) is 0.628. The molecule has 31 heavy (non-hydrogen) atoms. The molecule has 1 fully saturated rings. The van der Waals surface area contributed by atoms with Gasteiger partial charge in [0.25, 0.3) is 5.91 Å². The number of para-hydroxylation sites is 1. The summed E-state index contributed by atoms with van der Waals surface area (Å²) in [5.74, 6) is 0.706. The monoisotopic (exact) mass is 447 g/mol. The number of ether oxygens (including phenoxy) is 2. The third-order valence-electron chi connectivity index (χ3n) is 5.22. The molecule has 0 spiro atoms. The van der Waals surface area contributed by atoms with E-state index < -0.39 is 10.0 Å². The molecule has 1 heterocycles. The molecule has 168 valence electrons. The van der Waals surface area contributed by atoms with Crippen LogP contribution in [0, 0.1) is 0 Å². The molecule has 8 nitrogen and oxygen atoms in total. The second-order valence-corrected chi connectivity index (χ2v) is 9.33. The Morgan fingerprint density at radius 3 is 2.52 bits per heavy atom. The van der Waals surface area contributed by atoms with Crippen molar-refractivity contribution in [1.82, 2.24) is 14.5 Å². The number of carbonyl (C=O) groups excluding carboxylic acids is 1. The molecule has 0 aromatic heterocycles. The molecule has 0 atom stereocenters. The van der Waals surface area contributed by atoms with E-state index in [0.29, 0.717) is 43.2 Å². The molecule has 1 saturated heterocycles. The molecular weight excluding hydrogens is 418 g/mol. The minimum absolute atomic E-state index is 0.0698. The molecule has 1 aliphatic rings. The molecule has 9 heteroatoms. The number of nitrogens with one attached hydrogen (secondary N) is 1. The minimum atomic E-state index is -3.47. The number of methoxy groups -OCH3 is 2. The number of carbonyl (C=O) groups is 1. The average molecular weight is 448 g/mol. The van der Waals surface area contributed by atoms with Crippen LogP contribution in [0.15, 0.2) is 48.5 Å². The molecule has 1 N–H and O–H groups in total. The van der Waals surface area contributed by atoms with E-state index in [2.05, 4.69) is 5.32 Å². The van der Waals surface area contributed by atoms with E-state index in [9.17, 15) is 13.2 Å². The van der Waals surface area contributed by atoms with Gasteiger partial charge >= 0.3 is 0 Å². The molecule has 1 amide bonds. The van der Waals surface area contributed by atoms with Crippen molar-refractivity contribution in [3.63, 3.8) is 0 Å². The zero-order valence-corrected chi connectivity index (χ0v) is 18.7. The lowest BCUT2D eigenvalue weighted by Crippen LogP contribution is -2.48. The summed E-state index contributed by atoms with van der Waals surface area (Å²) in [6.45, 7) is 2.47. The molecule has 2 aromatic carbocycles. The lowest BCUT2D eigenvalue weighted by molar-refractivity contribution is 0.0750. The van der Waals surface area contributed by atoms with Crippen LogP contribution >= 0.6 is 0 Å². The van der Waals surface area contributed by atoms with Gasteiger partial charge in [0.1, 0.15) is 11.5 Å². The van der Waals surface area contributed by atoms with Gasteiger partial charge in [-0.25, -0.2) is 8.42 Å². The highest BCUT2D eigenvalue weighted by Gasteiger charge is 2.27. The maximum Gasteiger partial charge on any atom is 0.257 e. The predicted octanol–water partition coefficient (Wildman–Crippen LogP) is 1.58. The van der Waals surface area contributed by atoms with Crippen LogP contribution in [0.2, 0.25) is 0 Å². The Morgan fingerprint density at radius 2 is 1.81 bits per heavy atom. The third kappa shape index (κ3) is 5.96. The van der Waals surface area contributed by atoms with Crippen molar-refractivity contribution in [1.29, 1.82) is 0 Å². The van der Waals surface area contributed by atoms with Gasteiger partial charge in [-0.2, -0.15) is 4.31 Å². The van der Waals surface area contributed by atoms with Gasteiger partial charge in [0.2, 0.25) is 10.0 Å². The Kier molecular flexibility index (Phi) is 7.89. The number of hydrogen-bond donors (Lipinski definition) is 1. The number of piperazine rings is 1. The summed E-state index contributed by atoms with van der Waals surface area (Å²) in [6, 6.07) is 14.3. The highest BCUT2D eigenvalue weighted by atomic mass is 32.2. The Bertz CT molecular complexity index is 990. The highest BCUT2D eigenvalue weighted by Crippen LogP contribution is 2.22. The molecule has 0 saturated carbocycles. The second-order valence-electron chi connectivity index (χ2n) is 7.24. The van der Waals surface area contributed by atoms with Crippen molar-refractivity contribution in [3.05, 3.63) is 59.7 Å². The van der Waals surface area contributed by atoms with Crippen LogP contribution in [0.1, 0.15) is 15.9 Å². The fraction of sp³-hybridized carbons (Fsp3) is 0.409. The maximum atomic E-state index is 13.4. The van der Waals surface area contributed by atoms with Crippen LogP contribution in [0.4, 0.5) is 0 Å². The van der Waals surface area contributed by atoms with E-state index in [-0.39, 0.29) is 24.7 Å². The molecule has 0 bridgehead atoms. The van der Waals surface area contributed by atoms with Gasteiger partial charge in [-0.15, -0.1) is 0 Å². The molecule has 3 rings (SSSR count). The van der Waals surface area contributed by atoms with E-state index in [1.54, 1.807) is 36.3 Å². The van der Waals surface area contributed by atoms with Crippen molar-refractivity contribution in [2.75, 3.05) is 52.7 Å². The molecular formula is C22H29N3O5S. The second kappa shape index (κ2) is 10.6. The lowest BCUT2D eigenvalue weighted by atomic mass is 10.1. The van der Waals surface area contributed by atoms with E-state index in [1.165, 1.54) is 11.4 Å². The van der Waals surface area contributed by atoms with Crippen LogP contribution in [0.5, 0.6) is 11.5 Å². The summed E-state index contributed by atoms with van der Waals surface area (Å²) >= 11 is 0. The first kappa shape index (κ1) is 23.1. The topological polar surface area (TPSA) is 88.2 Å². The first-order valence-electron chi connectivity index (χ1n) is 10.2. The van der Waals surface area contributed by atoms with E-state index in [1.807, 2.05) is 24.3 Å². The summed E-state index contributed by atoms with van der Waals surface area (Å²) in [5, 5.41) is 3.15. The molecule has 0 aliphatic carbocycles. The first-order chi connectivity index (χ1) is 14.9. The van der Waals surface area contributed by atoms with Gasteiger partial charge in [-0.05, 0) is 29.8 Å². The number of nitrogens with zero attached hydrogens (tertiary/aromatic N) is 2. The summed E-state index contributed by atoms with van der Waals surface area (Å²) in [5.41, 5.74) is 1.25. The Hall–Kier alpha value is -2.62. The Balaban J connectivity index is 1.83. The Morgan fingerprint density at radius 1 is 1.06 bits per heavy atom. The van der Waals surface area contributed by atoms with Gasteiger partial charge in [-0.1, -0.05) is 24.3 Å². The average Bonchev–Trinajstić information content (AvgIpc) is 2.82. The van der Waals surface area contributed by atoms with Crippen LogP contribution in [0.25, 0.3) is 0 Å². The van der Waals surface area contributed by atoms with Gasteiger partial charge in [0, 0.05) is 39.3 Å². The summed E-state index contributed by atoms with van der Waals surface area (Å²) < 4.78 is 37.8. The van der Waals surface area contributed by atoms with Crippen molar-refractivity contribution in [3.8, 4) is 11.5 Å². The summed E-state index contributed by atoms with van der Waals surface area (Å²) in [6.07, 6.45) is 0. The van der Waals surface area contributed by atoms with Gasteiger partial charge in [0.05, 0.1) is 25.5 Å². The zero-order chi connectivity index (χ0) is 22.3. The molecule has 1 aliphatic heterocycles. The minimum Gasteiger partial charge on any atom is -0.497 e. The summed E-state index contributed by atoms with van der Waals surface area (Å²) in [7, 11) is -0.384. The lowest BCUT2D eigenvalue weighted by Gasteiger charge is -2.29. The van der Waals surface area contributed by atoms with Crippen molar-refractivity contribution >= 4 is 15.9 Å². The van der Waals surface area contributed by atoms with Gasteiger partial charge < -0.3 is 19.7 Å². The normalized spacial score (nSPS) is 14.8. The first-order valence-corrected chi connectivity index (χ1v) is 11.8. The number of benzene rings is 2. The molecule has 2 aromatic rings. The number of sulfonamides is 1.